The van der Waals surface area contributed by atoms with E-state index in [1.54, 1.807) is 0 Å². The molecule has 0 aromatic carbocycles. The summed E-state index contributed by atoms with van der Waals surface area (Å²) in [5.74, 6) is -3.39. The van der Waals surface area contributed by atoms with E-state index in [0.29, 0.717) is 0 Å². The fourth-order valence-corrected chi connectivity index (χ4v) is 4.43. The zero-order valence-corrected chi connectivity index (χ0v) is 13.9. The van der Waals surface area contributed by atoms with E-state index in [1.807, 2.05) is 0 Å². The van der Waals surface area contributed by atoms with Gasteiger partial charge in [-0.25, -0.2) is 0 Å². The molecule has 0 radical (unpaired) electrons. The maximum atomic E-state index is 11.1. The molecular weight excluding hydrogens is 461 g/mol. The Labute approximate surface area is 118 Å². The summed E-state index contributed by atoms with van der Waals surface area (Å²) in [4.78, 5) is 33.4. The Bertz CT molecular complexity index is 286. The van der Waals surface area contributed by atoms with Crippen LogP contribution in [0.15, 0.2) is 0 Å². The second kappa shape index (κ2) is 8.37. The molecule has 3 atom stereocenters. The third kappa shape index (κ3) is 7.36. The van der Waals surface area contributed by atoms with E-state index in [2.05, 4.69) is 8.44 Å². The molecule has 0 heterocycles. The molecule has 3 N–H and O–H groups in total. The molecule has 0 unspecified atom stereocenters. The zero-order chi connectivity index (χ0) is 15.2. The van der Waals surface area contributed by atoms with Gasteiger partial charge in [-0.1, -0.05) is 0 Å². The quantitative estimate of drug-likeness (QED) is 0.363. The molecule has 0 aliphatic rings. The molecule has 0 aliphatic heterocycles. The predicted molar refractivity (Wildman–Crippen MR) is 59.1 cm³/mol. The van der Waals surface area contributed by atoms with E-state index >= 15 is 0 Å². The first-order chi connectivity index (χ1) is 8.65. The number of carbonyl (C=O) groups excluding carboxylic acids is 3. The summed E-state index contributed by atoms with van der Waals surface area (Å²) in [6.07, 6.45) is -4.48. The van der Waals surface area contributed by atoms with Crippen LogP contribution < -0.4 is 0 Å². The molecule has 0 bridgehead atoms. The summed E-state index contributed by atoms with van der Waals surface area (Å²) in [6, 6.07) is 0. The minimum absolute atomic E-state index is 1.11. The minimum atomic E-state index is -4.30. The molecule has 110 valence electrons. The second-order valence-electron chi connectivity index (χ2n) is 3.48. The van der Waals surface area contributed by atoms with Crippen LogP contribution in [0.5, 0.6) is 0 Å². The Hall–Kier alpha value is -0.827. The van der Waals surface area contributed by atoms with Crippen LogP contribution in [-0.4, -0.2) is 74.6 Å². The third-order valence-corrected chi connectivity index (χ3v) is 5.35. The van der Waals surface area contributed by atoms with Gasteiger partial charge >= 0.3 is 118 Å². The number of hydrogen-bond donors (Lipinski definition) is 3. The van der Waals surface area contributed by atoms with Crippen molar-refractivity contribution in [3.05, 3.63) is 0 Å². The number of hydrogen-bond acceptors (Lipinski definition) is 9. The normalized spacial score (nSPS) is 15.3. The molecule has 0 aromatic heterocycles. The number of carbonyl (C=O) groups is 3. The van der Waals surface area contributed by atoms with Gasteiger partial charge in [0.1, 0.15) is 0 Å². The van der Waals surface area contributed by atoms with Gasteiger partial charge in [0.2, 0.25) is 0 Å². The molecule has 0 amide bonds. The SMILES string of the molecule is C[C@H](O)C(=O)[O][Bi]([O]C(=O)[C@H](C)O)[O]C(=O)[C@H](C)O. The van der Waals surface area contributed by atoms with E-state index in [9.17, 15) is 14.4 Å². The van der Waals surface area contributed by atoms with E-state index in [4.69, 9.17) is 15.3 Å². The topological polar surface area (TPSA) is 140 Å². The van der Waals surface area contributed by atoms with Crippen molar-refractivity contribution in [2.45, 2.75) is 39.1 Å². The molecule has 0 fully saturated rings. The van der Waals surface area contributed by atoms with Gasteiger partial charge in [-0.05, 0) is 0 Å². The fraction of sp³-hybridized carbons (Fsp3) is 0.667. The summed E-state index contributed by atoms with van der Waals surface area (Å²) in [5, 5.41) is 26.8. The first-order valence-corrected chi connectivity index (χ1v) is 9.40. The average molecular weight is 476 g/mol. The van der Waals surface area contributed by atoms with E-state index < -0.39 is 59.3 Å². The van der Waals surface area contributed by atoms with Crippen LogP contribution in [0.2, 0.25) is 0 Å². The van der Waals surface area contributed by atoms with Crippen molar-refractivity contribution < 1.29 is 38.1 Å². The van der Waals surface area contributed by atoms with Crippen LogP contribution in [0, 0.1) is 0 Å². The standard InChI is InChI=1S/3C3H6O3.Bi/c3*1-2(4)3(5)6;/h3*2,4H,1H3,(H,5,6);/q;;;+3/p-3/t3*2-;/m000./s1. The number of aliphatic hydroxyl groups excluding tert-OH is 3. The monoisotopic (exact) mass is 476 g/mol. The Morgan fingerprint density at radius 2 is 0.947 bits per heavy atom. The number of rotatable bonds is 6. The number of aliphatic hydroxyl groups is 3. The Kier molecular flexibility index (Phi) is 8.00. The van der Waals surface area contributed by atoms with Crippen LogP contribution >= 0.6 is 0 Å². The predicted octanol–water partition coefficient (Wildman–Crippen LogP) is -2.26. The van der Waals surface area contributed by atoms with Crippen molar-refractivity contribution in [1.82, 2.24) is 0 Å². The first kappa shape index (κ1) is 18.2. The summed E-state index contributed by atoms with van der Waals surface area (Å²) in [6.45, 7) is 3.33. The van der Waals surface area contributed by atoms with Crippen LogP contribution in [0.3, 0.4) is 0 Å². The van der Waals surface area contributed by atoms with Crippen molar-refractivity contribution in [3.63, 3.8) is 0 Å². The Morgan fingerprint density at radius 3 is 1.11 bits per heavy atom. The molecule has 0 saturated carbocycles. The van der Waals surface area contributed by atoms with Crippen molar-refractivity contribution in [2.75, 3.05) is 0 Å². The van der Waals surface area contributed by atoms with E-state index in [1.165, 1.54) is 0 Å². The summed E-state index contributed by atoms with van der Waals surface area (Å²) in [5.41, 5.74) is 0. The molecule has 19 heavy (non-hydrogen) atoms. The third-order valence-electron chi connectivity index (χ3n) is 1.52. The Balaban J connectivity index is 4.68. The van der Waals surface area contributed by atoms with Crippen LogP contribution in [0.1, 0.15) is 20.8 Å². The van der Waals surface area contributed by atoms with Gasteiger partial charge in [0.05, 0.1) is 0 Å². The van der Waals surface area contributed by atoms with Gasteiger partial charge in [-0.3, -0.25) is 0 Å². The molecule has 0 aliphatic carbocycles. The van der Waals surface area contributed by atoms with Crippen LogP contribution in [0.4, 0.5) is 0 Å². The second-order valence-corrected chi connectivity index (χ2v) is 7.35. The van der Waals surface area contributed by atoms with E-state index in [-0.39, 0.29) is 0 Å². The van der Waals surface area contributed by atoms with Gasteiger partial charge in [0.15, 0.2) is 0 Å². The van der Waals surface area contributed by atoms with Gasteiger partial charge in [0, 0.05) is 0 Å². The van der Waals surface area contributed by atoms with Crippen molar-refractivity contribution >= 4 is 41.0 Å². The van der Waals surface area contributed by atoms with Crippen molar-refractivity contribution in [1.29, 1.82) is 0 Å². The van der Waals surface area contributed by atoms with Gasteiger partial charge < -0.3 is 0 Å². The summed E-state index contributed by atoms with van der Waals surface area (Å²) in [7, 11) is 0. The molecule has 9 nitrogen and oxygen atoms in total. The van der Waals surface area contributed by atoms with Crippen LogP contribution in [-0.2, 0) is 22.8 Å². The molecular formula is C9H15BiO9. The van der Waals surface area contributed by atoms with Gasteiger partial charge in [0.25, 0.3) is 0 Å². The molecule has 0 saturated heterocycles. The fourth-order valence-electron chi connectivity index (χ4n) is 0.505. The van der Waals surface area contributed by atoms with Crippen molar-refractivity contribution in [2.24, 2.45) is 0 Å². The van der Waals surface area contributed by atoms with Crippen LogP contribution in [0.25, 0.3) is 0 Å². The van der Waals surface area contributed by atoms with Crippen molar-refractivity contribution in [3.8, 4) is 0 Å². The van der Waals surface area contributed by atoms with Gasteiger partial charge in [-0.15, -0.1) is 0 Å². The molecule has 0 aromatic rings. The Morgan fingerprint density at radius 1 is 0.737 bits per heavy atom. The zero-order valence-electron chi connectivity index (χ0n) is 10.5. The molecule has 0 rings (SSSR count). The summed E-state index contributed by atoms with van der Waals surface area (Å²) < 4.78 is 13.7. The maximum absolute atomic E-state index is 11.1. The molecule has 0 spiro atoms. The average Bonchev–Trinajstić information content (AvgIpc) is 2.27. The molecule has 10 heteroatoms. The first-order valence-electron chi connectivity index (χ1n) is 5.15. The summed E-state index contributed by atoms with van der Waals surface area (Å²) >= 11 is -4.30. The van der Waals surface area contributed by atoms with Gasteiger partial charge in [-0.2, -0.15) is 0 Å². The van der Waals surface area contributed by atoms with E-state index in [0.717, 1.165) is 20.8 Å².